The van der Waals surface area contributed by atoms with Crippen LogP contribution in [-0.4, -0.2) is 16.7 Å². The fraction of sp³-hybridized carbons (Fsp3) is 0.280. The molecule has 4 rings (SSSR count). The molecule has 166 valence electrons. The zero-order valence-corrected chi connectivity index (χ0v) is 18.7. The third-order valence-electron chi connectivity index (χ3n) is 5.62. The first-order valence-electron chi connectivity index (χ1n) is 10.4. The summed E-state index contributed by atoms with van der Waals surface area (Å²) in [6, 6.07) is 8.28. The van der Waals surface area contributed by atoms with E-state index in [1.54, 1.807) is 18.4 Å². The lowest BCUT2D eigenvalue weighted by atomic mass is 9.83. The van der Waals surface area contributed by atoms with Crippen molar-refractivity contribution in [2.45, 2.75) is 39.5 Å². The maximum absolute atomic E-state index is 16.0. The number of fused-ring (bicyclic) bond motifs is 1. The Morgan fingerprint density at radius 2 is 1.91 bits per heavy atom. The van der Waals surface area contributed by atoms with Crippen LogP contribution in [0.1, 0.15) is 38.8 Å². The van der Waals surface area contributed by atoms with Crippen LogP contribution in [0.15, 0.2) is 56.8 Å². The van der Waals surface area contributed by atoms with E-state index >= 15 is 4.39 Å². The fourth-order valence-corrected chi connectivity index (χ4v) is 3.95. The summed E-state index contributed by atoms with van der Waals surface area (Å²) in [4.78, 5) is 26.2. The normalized spacial score (nSPS) is 11.8. The van der Waals surface area contributed by atoms with Gasteiger partial charge in [0.1, 0.15) is 11.3 Å². The molecule has 0 aliphatic heterocycles. The quantitative estimate of drug-likeness (QED) is 0.491. The van der Waals surface area contributed by atoms with Gasteiger partial charge in [0, 0.05) is 23.2 Å². The highest BCUT2D eigenvalue weighted by atomic mass is 19.1. The Kier molecular flexibility index (Phi) is 5.28. The molecular weight excluding hydrogens is 411 g/mol. The largest absolute Gasteiger partial charge is 0.496 e. The van der Waals surface area contributed by atoms with Crippen LogP contribution in [0.2, 0.25) is 0 Å². The number of H-pyrrole nitrogens is 1. The van der Waals surface area contributed by atoms with Crippen molar-refractivity contribution in [2.75, 3.05) is 7.11 Å². The van der Waals surface area contributed by atoms with Gasteiger partial charge in [0.25, 0.3) is 5.56 Å². The number of halogens is 1. The molecule has 6 nitrogen and oxygen atoms in total. The number of rotatable bonds is 4. The summed E-state index contributed by atoms with van der Waals surface area (Å²) in [7, 11) is 1.50. The van der Waals surface area contributed by atoms with E-state index in [9.17, 15) is 9.59 Å². The lowest BCUT2D eigenvalue weighted by molar-refractivity contribution is 0.396. The summed E-state index contributed by atoms with van der Waals surface area (Å²) in [6.45, 7) is 7.99. The topological polar surface area (TPSA) is 77.2 Å². The van der Waals surface area contributed by atoms with E-state index in [1.165, 1.54) is 19.4 Å². The maximum atomic E-state index is 16.0. The zero-order valence-electron chi connectivity index (χ0n) is 18.7. The van der Waals surface area contributed by atoms with Crippen LogP contribution in [0.3, 0.4) is 0 Å². The third-order valence-corrected chi connectivity index (χ3v) is 5.62. The molecule has 0 aliphatic carbocycles. The Bertz CT molecular complexity index is 1440. The molecule has 0 bridgehead atoms. The van der Waals surface area contributed by atoms with E-state index in [2.05, 4.69) is 4.98 Å². The Balaban J connectivity index is 2.09. The number of ether oxygens (including phenoxy) is 1. The van der Waals surface area contributed by atoms with Crippen LogP contribution in [-0.2, 0) is 11.8 Å². The second kappa shape index (κ2) is 7.82. The van der Waals surface area contributed by atoms with Crippen molar-refractivity contribution >= 4 is 11.0 Å². The molecule has 0 radical (unpaired) electrons. The minimum atomic E-state index is -0.721. The first-order valence-corrected chi connectivity index (χ1v) is 10.4. The standard InChI is InChI=1S/C25H25FN2O4/c1-6-14-13-32-19-11-15(7-8-16(14)19)21-22(26)18(28-10-9-20(29)27-24(28)30)12-17(23(21)31-5)25(2,3)4/h7-13H,6H2,1-5H3,(H,27,29,30). The Labute approximate surface area is 184 Å². The predicted molar refractivity (Wildman–Crippen MR) is 122 cm³/mol. The molecule has 0 fully saturated rings. The van der Waals surface area contributed by atoms with E-state index in [-0.39, 0.29) is 11.3 Å². The van der Waals surface area contributed by atoms with Gasteiger partial charge in [-0.25, -0.2) is 9.18 Å². The van der Waals surface area contributed by atoms with E-state index in [4.69, 9.17) is 9.15 Å². The summed E-state index contributed by atoms with van der Waals surface area (Å²) in [5, 5.41) is 0.972. The van der Waals surface area contributed by atoms with Crippen molar-refractivity contribution in [1.29, 1.82) is 0 Å². The molecule has 4 aromatic rings. The Morgan fingerprint density at radius 3 is 2.53 bits per heavy atom. The number of hydrogen-bond donors (Lipinski definition) is 1. The van der Waals surface area contributed by atoms with Crippen molar-refractivity contribution in [2.24, 2.45) is 0 Å². The molecule has 0 spiro atoms. The molecule has 2 heterocycles. The zero-order chi connectivity index (χ0) is 23.2. The number of aromatic nitrogens is 2. The lowest BCUT2D eigenvalue weighted by Crippen LogP contribution is -2.28. The maximum Gasteiger partial charge on any atom is 0.333 e. The van der Waals surface area contributed by atoms with E-state index in [0.717, 1.165) is 27.5 Å². The number of aryl methyl sites for hydroxylation is 1. The lowest BCUT2D eigenvalue weighted by Gasteiger charge is -2.26. The second-order valence-corrected chi connectivity index (χ2v) is 8.72. The van der Waals surface area contributed by atoms with Gasteiger partial charge >= 0.3 is 5.69 Å². The SMILES string of the molecule is CCc1coc2cc(-c3c(F)c(-n4ccc(=O)[nH]c4=O)cc(C(C)(C)C)c3OC)ccc12. The van der Waals surface area contributed by atoms with Gasteiger partial charge in [0.2, 0.25) is 0 Å². The molecule has 1 N–H and O–H groups in total. The van der Waals surface area contributed by atoms with Gasteiger partial charge < -0.3 is 9.15 Å². The van der Waals surface area contributed by atoms with Gasteiger partial charge in [0.05, 0.1) is 24.6 Å². The number of methoxy groups -OCH3 is 1. The van der Waals surface area contributed by atoms with Crippen molar-refractivity contribution in [3.8, 4) is 22.6 Å². The predicted octanol–water partition coefficient (Wildman–Crippen LogP) is 4.95. The van der Waals surface area contributed by atoms with Gasteiger partial charge in [0.15, 0.2) is 5.82 Å². The first-order chi connectivity index (χ1) is 15.2. The van der Waals surface area contributed by atoms with E-state index < -0.39 is 22.5 Å². The average molecular weight is 436 g/mol. The molecule has 0 unspecified atom stereocenters. The number of furan rings is 1. The summed E-state index contributed by atoms with van der Waals surface area (Å²) >= 11 is 0. The molecule has 32 heavy (non-hydrogen) atoms. The molecule has 2 aromatic carbocycles. The summed E-state index contributed by atoms with van der Waals surface area (Å²) < 4.78 is 28.5. The first kappa shape index (κ1) is 21.6. The van der Waals surface area contributed by atoms with Gasteiger partial charge in [-0.05, 0) is 35.1 Å². The van der Waals surface area contributed by atoms with Gasteiger partial charge in [-0.15, -0.1) is 0 Å². The highest BCUT2D eigenvalue weighted by molar-refractivity contribution is 5.88. The molecule has 7 heteroatoms. The van der Waals surface area contributed by atoms with Crippen LogP contribution in [0.5, 0.6) is 5.75 Å². The van der Waals surface area contributed by atoms with Crippen LogP contribution in [0, 0.1) is 5.82 Å². The highest BCUT2D eigenvalue weighted by Gasteiger charge is 2.28. The van der Waals surface area contributed by atoms with Crippen molar-refractivity contribution in [1.82, 2.24) is 9.55 Å². The third kappa shape index (κ3) is 3.53. The van der Waals surface area contributed by atoms with E-state index in [1.807, 2.05) is 39.8 Å². The van der Waals surface area contributed by atoms with Gasteiger partial charge in [-0.3, -0.25) is 14.3 Å². The Hall–Kier alpha value is -3.61. The number of aromatic amines is 1. The molecule has 0 atom stereocenters. The Morgan fingerprint density at radius 1 is 1.16 bits per heavy atom. The monoisotopic (exact) mass is 436 g/mol. The summed E-state index contributed by atoms with van der Waals surface area (Å²) in [5.41, 5.74) is 1.57. The molecule has 0 amide bonds. The highest BCUT2D eigenvalue weighted by Crippen LogP contribution is 2.44. The molecule has 0 saturated carbocycles. The number of nitrogens with zero attached hydrogens (tertiary/aromatic N) is 1. The summed E-state index contributed by atoms with van der Waals surface area (Å²) in [5.74, 6) is -0.247. The molecule has 0 saturated heterocycles. The number of benzene rings is 2. The smallest absolute Gasteiger partial charge is 0.333 e. The fourth-order valence-electron chi connectivity index (χ4n) is 3.95. The van der Waals surface area contributed by atoms with Crippen LogP contribution in [0.25, 0.3) is 27.8 Å². The van der Waals surface area contributed by atoms with Gasteiger partial charge in [-0.2, -0.15) is 0 Å². The van der Waals surface area contributed by atoms with Crippen LogP contribution >= 0.6 is 0 Å². The number of nitrogens with one attached hydrogen (secondary N) is 1. The van der Waals surface area contributed by atoms with Crippen LogP contribution < -0.4 is 16.0 Å². The van der Waals surface area contributed by atoms with Crippen molar-refractivity contribution < 1.29 is 13.5 Å². The molecule has 2 aromatic heterocycles. The van der Waals surface area contributed by atoms with E-state index in [0.29, 0.717) is 16.9 Å². The van der Waals surface area contributed by atoms with Gasteiger partial charge in [-0.1, -0.05) is 39.8 Å². The van der Waals surface area contributed by atoms with Crippen molar-refractivity contribution in [3.05, 3.63) is 80.6 Å². The average Bonchev–Trinajstić information content (AvgIpc) is 3.15. The second-order valence-electron chi connectivity index (χ2n) is 8.72. The van der Waals surface area contributed by atoms with Crippen molar-refractivity contribution in [3.63, 3.8) is 0 Å². The minimum Gasteiger partial charge on any atom is -0.496 e. The molecule has 0 aliphatic rings. The molecular formula is C25H25FN2O4. The van der Waals surface area contributed by atoms with Crippen LogP contribution in [0.4, 0.5) is 4.39 Å². The number of hydrogen-bond acceptors (Lipinski definition) is 4. The summed E-state index contributed by atoms with van der Waals surface area (Å²) in [6.07, 6.45) is 3.80. The minimum absolute atomic E-state index is 0.0285.